The lowest BCUT2D eigenvalue weighted by Gasteiger charge is -2.27. The molecule has 0 radical (unpaired) electrons. The highest BCUT2D eigenvalue weighted by molar-refractivity contribution is 5.72. The van der Waals surface area contributed by atoms with Crippen LogP contribution in [0.25, 0.3) is 11.1 Å². The Morgan fingerprint density at radius 1 is 1.39 bits per heavy atom. The second kappa shape index (κ2) is 4.57. The number of fused-ring (bicyclic) bond motifs is 1. The highest BCUT2D eigenvalue weighted by Gasteiger charge is 2.20. The Morgan fingerprint density at radius 2 is 2.17 bits per heavy atom. The molecule has 2 heterocycles. The summed E-state index contributed by atoms with van der Waals surface area (Å²) in [6.45, 7) is 2.03. The van der Waals surface area contributed by atoms with Gasteiger partial charge in [-0.1, -0.05) is 0 Å². The van der Waals surface area contributed by atoms with E-state index >= 15 is 0 Å². The normalized spacial score (nSPS) is 18.3. The van der Waals surface area contributed by atoms with Gasteiger partial charge in [0.15, 0.2) is 5.58 Å². The van der Waals surface area contributed by atoms with Crippen LogP contribution in [0.3, 0.4) is 0 Å². The van der Waals surface area contributed by atoms with E-state index in [1.54, 1.807) is 6.07 Å². The predicted octanol–water partition coefficient (Wildman–Crippen LogP) is 2.44. The van der Waals surface area contributed by atoms with Crippen LogP contribution in [-0.4, -0.2) is 36.1 Å². The van der Waals surface area contributed by atoms with Gasteiger partial charge in [-0.25, -0.2) is 4.39 Å². The van der Waals surface area contributed by atoms with E-state index in [0.717, 1.165) is 25.9 Å². The maximum atomic E-state index is 13.0. The molecule has 0 N–H and O–H groups in total. The third-order valence-corrected chi connectivity index (χ3v) is 3.26. The maximum Gasteiger partial charge on any atom is 0.394 e. The summed E-state index contributed by atoms with van der Waals surface area (Å²) in [7, 11) is 2.10. The molecule has 1 saturated heterocycles. The zero-order chi connectivity index (χ0) is 12.5. The molecule has 1 aliphatic heterocycles. The molecule has 0 bridgehead atoms. The van der Waals surface area contributed by atoms with Gasteiger partial charge in [0.05, 0.1) is 0 Å². The van der Waals surface area contributed by atoms with Crippen LogP contribution in [0.1, 0.15) is 12.8 Å². The Bertz CT molecular complexity index is 547. The SMILES string of the molecule is CN1CCC(Oc2nc3ccc(F)cc3o2)CC1. The summed E-state index contributed by atoms with van der Waals surface area (Å²) in [5.41, 5.74) is 1.05. The molecule has 96 valence electrons. The molecule has 0 amide bonds. The minimum Gasteiger partial charge on any atom is -0.447 e. The Labute approximate surface area is 104 Å². The maximum absolute atomic E-state index is 13.0. The smallest absolute Gasteiger partial charge is 0.394 e. The zero-order valence-corrected chi connectivity index (χ0v) is 10.2. The first-order valence-corrected chi connectivity index (χ1v) is 6.12. The third kappa shape index (κ3) is 2.31. The van der Waals surface area contributed by atoms with Crippen LogP contribution in [0.15, 0.2) is 22.6 Å². The average Bonchev–Trinajstić information content (AvgIpc) is 2.73. The summed E-state index contributed by atoms with van der Waals surface area (Å²) in [5.74, 6) is -0.329. The van der Waals surface area contributed by atoms with E-state index in [4.69, 9.17) is 9.15 Å². The number of rotatable bonds is 2. The van der Waals surface area contributed by atoms with Gasteiger partial charge in [0.1, 0.15) is 17.4 Å². The monoisotopic (exact) mass is 250 g/mol. The minimum atomic E-state index is -0.329. The Balaban J connectivity index is 1.74. The van der Waals surface area contributed by atoms with Gasteiger partial charge >= 0.3 is 6.08 Å². The van der Waals surface area contributed by atoms with Gasteiger partial charge in [-0.05, 0) is 32.0 Å². The lowest BCUT2D eigenvalue weighted by Crippen LogP contribution is -2.35. The second-order valence-corrected chi connectivity index (χ2v) is 4.71. The topological polar surface area (TPSA) is 38.5 Å². The Hall–Kier alpha value is -1.62. The van der Waals surface area contributed by atoms with E-state index in [1.165, 1.54) is 12.1 Å². The molecule has 0 unspecified atom stereocenters. The number of likely N-dealkylation sites (tertiary alicyclic amines) is 1. The van der Waals surface area contributed by atoms with Crippen molar-refractivity contribution < 1.29 is 13.5 Å². The Kier molecular flexibility index (Phi) is 2.91. The largest absolute Gasteiger partial charge is 0.447 e. The fourth-order valence-electron chi connectivity index (χ4n) is 2.17. The van der Waals surface area contributed by atoms with Gasteiger partial charge in [0.25, 0.3) is 0 Å². The van der Waals surface area contributed by atoms with Crippen LogP contribution in [0, 0.1) is 5.82 Å². The molecule has 0 aliphatic carbocycles. The molecule has 1 fully saturated rings. The van der Waals surface area contributed by atoms with Crippen LogP contribution in [0.5, 0.6) is 6.08 Å². The number of hydrogen-bond acceptors (Lipinski definition) is 4. The minimum absolute atomic E-state index is 0.138. The van der Waals surface area contributed by atoms with Crippen LogP contribution in [0.4, 0.5) is 4.39 Å². The van der Waals surface area contributed by atoms with Crippen LogP contribution in [0.2, 0.25) is 0 Å². The van der Waals surface area contributed by atoms with E-state index in [0.29, 0.717) is 11.1 Å². The summed E-state index contributed by atoms with van der Waals surface area (Å²) in [6, 6.07) is 4.28. The molecular weight excluding hydrogens is 235 g/mol. The van der Waals surface area contributed by atoms with Crippen molar-refractivity contribution in [2.24, 2.45) is 0 Å². The van der Waals surface area contributed by atoms with Crippen molar-refractivity contribution in [3.63, 3.8) is 0 Å². The quantitative estimate of drug-likeness (QED) is 0.820. The van der Waals surface area contributed by atoms with Crippen molar-refractivity contribution in [2.75, 3.05) is 20.1 Å². The van der Waals surface area contributed by atoms with E-state index in [9.17, 15) is 4.39 Å². The predicted molar refractivity (Wildman–Crippen MR) is 65.1 cm³/mol. The molecule has 0 saturated carbocycles. The average molecular weight is 250 g/mol. The van der Waals surface area contributed by atoms with Crippen LogP contribution < -0.4 is 4.74 Å². The molecule has 5 heteroatoms. The van der Waals surface area contributed by atoms with Crippen molar-refractivity contribution in [1.29, 1.82) is 0 Å². The van der Waals surface area contributed by atoms with E-state index in [1.807, 2.05) is 0 Å². The lowest BCUT2D eigenvalue weighted by molar-refractivity contribution is 0.0866. The van der Waals surface area contributed by atoms with Gasteiger partial charge in [0.2, 0.25) is 0 Å². The second-order valence-electron chi connectivity index (χ2n) is 4.71. The first-order valence-electron chi connectivity index (χ1n) is 6.12. The first-order chi connectivity index (χ1) is 8.70. The highest BCUT2D eigenvalue weighted by atomic mass is 19.1. The summed E-state index contributed by atoms with van der Waals surface area (Å²) in [6.07, 6.45) is 2.30. The number of piperidine rings is 1. The molecule has 1 aliphatic rings. The molecule has 2 aromatic rings. The van der Waals surface area contributed by atoms with Gasteiger partial charge in [-0.2, -0.15) is 4.98 Å². The van der Waals surface area contributed by atoms with Crippen molar-refractivity contribution in [3.05, 3.63) is 24.0 Å². The number of aromatic nitrogens is 1. The van der Waals surface area contributed by atoms with Gasteiger partial charge < -0.3 is 14.1 Å². The van der Waals surface area contributed by atoms with Crippen molar-refractivity contribution in [3.8, 4) is 6.08 Å². The van der Waals surface area contributed by atoms with Gasteiger partial charge in [-0.15, -0.1) is 0 Å². The standard InChI is InChI=1S/C13H15FN2O2/c1-16-6-4-10(5-7-16)17-13-15-11-3-2-9(14)8-12(11)18-13/h2-3,8,10H,4-7H2,1H3. The third-order valence-electron chi connectivity index (χ3n) is 3.26. The number of ether oxygens (including phenoxy) is 1. The molecular formula is C13H15FN2O2. The summed E-state index contributed by atoms with van der Waals surface area (Å²) >= 11 is 0. The van der Waals surface area contributed by atoms with Crippen molar-refractivity contribution in [1.82, 2.24) is 9.88 Å². The number of halogens is 1. The summed E-state index contributed by atoms with van der Waals surface area (Å²) in [5, 5.41) is 0. The zero-order valence-electron chi connectivity index (χ0n) is 10.2. The van der Waals surface area contributed by atoms with Gasteiger partial charge in [-0.3, -0.25) is 0 Å². The number of oxazole rings is 1. The lowest BCUT2D eigenvalue weighted by atomic mass is 10.1. The van der Waals surface area contributed by atoms with E-state index in [-0.39, 0.29) is 18.0 Å². The molecule has 1 aromatic carbocycles. The van der Waals surface area contributed by atoms with Gasteiger partial charge in [0, 0.05) is 19.2 Å². The number of nitrogens with zero attached hydrogens (tertiary/aromatic N) is 2. The summed E-state index contributed by atoms with van der Waals surface area (Å²) in [4.78, 5) is 6.46. The first kappa shape index (κ1) is 11.5. The molecule has 0 atom stereocenters. The van der Waals surface area contributed by atoms with E-state index in [2.05, 4.69) is 16.9 Å². The van der Waals surface area contributed by atoms with Crippen molar-refractivity contribution >= 4 is 11.1 Å². The molecule has 0 spiro atoms. The highest BCUT2D eigenvalue weighted by Crippen LogP contribution is 2.24. The fourth-order valence-corrected chi connectivity index (χ4v) is 2.17. The van der Waals surface area contributed by atoms with Crippen LogP contribution >= 0.6 is 0 Å². The van der Waals surface area contributed by atoms with Crippen LogP contribution in [-0.2, 0) is 0 Å². The number of hydrogen-bond donors (Lipinski definition) is 0. The van der Waals surface area contributed by atoms with E-state index < -0.39 is 0 Å². The Morgan fingerprint density at radius 3 is 2.94 bits per heavy atom. The molecule has 18 heavy (non-hydrogen) atoms. The molecule has 1 aromatic heterocycles. The molecule has 3 rings (SSSR count). The number of benzene rings is 1. The van der Waals surface area contributed by atoms with Crippen molar-refractivity contribution in [2.45, 2.75) is 18.9 Å². The summed E-state index contributed by atoms with van der Waals surface area (Å²) < 4.78 is 24.1. The molecule has 4 nitrogen and oxygen atoms in total. The fraction of sp³-hybridized carbons (Fsp3) is 0.462.